The first-order valence-corrected chi connectivity index (χ1v) is 5.97. The minimum absolute atomic E-state index is 0.618. The van der Waals surface area contributed by atoms with Gasteiger partial charge in [0.15, 0.2) is 0 Å². The molecule has 1 atom stereocenters. The molecular formula is C14H21NO. The van der Waals surface area contributed by atoms with Crippen molar-refractivity contribution >= 4 is 12.5 Å². The molecule has 0 spiro atoms. The quantitative estimate of drug-likeness (QED) is 0.845. The summed E-state index contributed by atoms with van der Waals surface area (Å²) in [6, 6.07) is 7.33. The fraction of sp³-hybridized carbons (Fsp3) is 0.500. The zero-order valence-corrected chi connectivity index (χ0v) is 10.3. The van der Waals surface area contributed by atoms with Crippen LogP contribution in [-0.4, -0.2) is 12.8 Å². The normalized spacial score (nSPS) is 17.0. The summed E-state index contributed by atoms with van der Waals surface area (Å²) in [6.07, 6.45) is 4.99. The van der Waals surface area contributed by atoms with E-state index in [1.54, 1.807) is 0 Å². The molecule has 0 saturated carbocycles. The molecule has 2 rings (SSSR count). The van der Waals surface area contributed by atoms with Crippen molar-refractivity contribution in [3.63, 3.8) is 0 Å². The topological polar surface area (TPSA) is 29.1 Å². The Morgan fingerprint density at radius 2 is 2.19 bits per heavy atom. The summed E-state index contributed by atoms with van der Waals surface area (Å²) in [7, 11) is 0. The number of hydrogen-bond donors (Lipinski definition) is 1. The van der Waals surface area contributed by atoms with Gasteiger partial charge in [-0.15, -0.1) is 0 Å². The van der Waals surface area contributed by atoms with Crippen LogP contribution in [0.3, 0.4) is 0 Å². The third-order valence-corrected chi connectivity index (χ3v) is 2.95. The lowest BCUT2D eigenvalue weighted by atomic mass is 10.0. The van der Waals surface area contributed by atoms with E-state index in [0.29, 0.717) is 6.04 Å². The van der Waals surface area contributed by atoms with E-state index in [1.165, 1.54) is 42.5 Å². The Kier molecular flexibility index (Phi) is 5.03. The monoisotopic (exact) mass is 219 g/mol. The standard InChI is InChI=1S/C13H19N.CH2O/c1-3-4-6-11-7-5-8-12-9-10(2)14-13(11)12;1-2/h5,7-8,10,14H,3-4,6,9H2,1-2H3;1H2. The van der Waals surface area contributed by atoms with Crippen molar-refractivity contribution in [2.45, 2.75) is 45.6 Å². The smallest absolute Gasteiger partial charge is 0.106 e. The van der Waals surface area contributed by atoms with Gasteiger partial charge in [-0.2, -0.15) is 0 Å². The first-order valence-electron chi connectivity index (χ1n) is 5.97. The van der Waals surface area contributed by atoms with Crippen molar-refractivity contribution in [2.24, 2.45) is 0 Å². The van der Waals surface area contributed by atoms with Crippen LogP contribution in [0.5, 0.6) is 0 Å². The third kappa shape index (κ3) is 2.84. The second-order valence-electron chi connectivity index (χ2n) is 4.30. The molecule has 0 radical (unpaired) electrons. The highest BCUT2D eigenvalue weighted by molar-refractivity contribution is 5.62. The molecule has 0 fully saturated rings. The van der Waals surface area contributed by atoms with Crippen LogP contribution >= 0.6 is 0 Å². The van der Waals surface area contributed by atoms with E-state index >= 15 is 0 Å². The molecule has 0 saturated heterocycles. The Labute approximate surface area is 98.1 Å². The lowest BCUT2D eigenvalue weighted by molar-refractivity contribution is -0.0979. The van der Waals surface area contributed by atoms with E-state index in [-0.39, 0.29) is 0 Å². The zero-order valence-electron chi connectivity index (χ0n) is 10.3. The predicted octanol–water partition coefficient (Wildman–Crippen LogP) is 3.20. The molecule has 0 aromatic heterocycles. The van der Waals surface area contributed by atoms with Crippen LogP contribution < -0.4 is 5.32 Å². The molecule has 1 aliphatic rings. The summed E-state index contributed by atoms with van der Waals surface area (Å²) >= 11 is 0. The van der Waals surface area contributed by atoms with Gasteiger partial charge in [0.2, 0.25) is 0 Å². The van der Waals surface area contributed by atoms with Gasteiger partial charge in [-0.1, -0.05) is 31.5 Å². The van der Waals surface area contributed by atoms with Gasteiger partial charge in [0, 0.05) is 11.7 Å². The van der Waals surface area contributed by atoms with E-state index in [1.807, 2.05) is 6.79 Å². The van der Waals surface area contributed by atoms with Crippen LogP contribution in [-0.2, 0) is 17.6 Å². The minimum atomic E-state index is 0.618. The Hall–Kier alpha value is -1.31. The van der Waals surface area contributed by atoms with Crippen molar-refractivity contribution in [1.82, 2.24) is 0 Å². The fourth-order valence-electron chi connectivity index (χ4n) is 2.21. The van der Waals surface area contributed by atoms with Gasteiger partial charge in [0.1, 0.15) is 6.79 Å². The average molecular weight is 219 g/mol. The second kappa shape index (κ2) is 6.31. The van der Waals surface area contributed by atoms with E-state index in [4.69, 9.17) is 4.79 Å². The van der Waals surface area contributed by atoms with Gasteiger partial charge in [-0.3, -0.25) is 0 Å². The van der Waals surface area contributed by atoms with Crippen molar-refractivity contribution < 1.29 is 4.79 Å². The molecule has 0 amide bonds. The Balaban J connectivity index is 0.000000606. The van der Waals surface area contributed by atoms with Crippen LogP contribution in [0.2, 0.25) is 0 Å². The molecule has 1 aromatic rings. The lowest BCUT2D eigenvalue weighted by Crippen LogP contribution is -2.09. The van der Waals surface area contributed by atoms with Gasteiger partial charge >= 0.3 is 0 Å². The molecule has 1 heterocycles. The van der Waals surface area contributed by atoms with E-state index < -0.39 is 0 Å². The van der Waals surface area contributed by atoms with Crippen molar-refractivity contribution in [3.8, 4) is 0 Å². The van der Waals surface area contributed by atoms with E-state index in [0.717, 1.165) is 0 Å². The molecule has 0 aliphatic carbocycles. The highest BCUT2D eigenvalue weighted by atomic mass is 16.1. The molecule has 1 aromatic carbocycles. The van der Waals surface area contributed by atoms with Crippen LogP contribution in [0, 0.1) is 0 Å². The van der Waals surface area contributed by atoms with Crippen molar-refractivity contribution in [3.05, 3.63) is 29.3 Å². The number of aryl methyl sites for hydroxylation is 1. The number of carbonyl (C=O) groups is 1. The summed E-state index contributed by atoms with van der Waals surface area (Å²) in [5.41, 5.74) is 4.44. The van der Waals surface area contributed by atoms with Gasteiger partial charge in [0.25, 0.3) is 0 Å². The van der Waals surface area contributed by atoms with Crippen LogP contribution in [0.1, 0.15) is 37.8 Å². The molecule has 2 heteroatoms. The van der Waals surface area contributed by atoms with Crippen LogP contribution in [0.25, 0.3) is 0 Å². The zero-order chi connectivity index (χ0) is 12.0. The molecule has 2 nitrogen and oxygen atoms in total. The number of unbranched alkanes of at least 4 members (excludes halogenated alkanes) is 1. The second-order valence-corrected chi connectivity index (χ2v) is 4.30. The number of carbonyl (C=O) groups excluding carboxylic acids is 1. The number of rotatable bonds is 3. The van der Waals surface area contributed by atoms with E-state index in [2.05, 4.69) is 37.4 Å². The largest absolute Gasteiger partial charge is 0.382 e. The number of fused-ring (bicyclic) bond motifs is 1. The number of benzene rings is 1. The fourth-order valence-corrected chi connectivity index (χ4v) is 2.21. The summed E-state index contributed by atoms with van der Waals surface area (Å²) in [5.74, 6) is 0. The first kappa shape index (κ1) is 12.8. The van der Waals surface area contributed by atoms with Crippen LogP contribution in [0.4, 0.5) is 5.69 Å². The molecule has 1 unspecified atom stereocenters. The molecule has 88 valence electrons. The van der Waals surface area contributed by atoms with Gasteiger partial charge in [-0.25, -0.2) is 0 Å². The number of nitrogens with one attached hydrogen (secondary N) is 1. The molecule has 1 N–H and O–H groups in total. The third-order valence-electron chi connectivity index (χ3n) is 2.95. The van der Waals surface area contributed by atoms with Gasteiger partial charge < -0.3 is 10.1 Å². The number of anilines is 1. The van der Waals surface area contributed by atoms with Gasteiger partial charge in [-0.05, 0) is 37.3 Å². The molecule has 0 bridgehead atoms. The minimum Gasteiger partial charge on any atom is -0.382 e. The Morgan fingerprint density at radius 3 is 2.88 bits per heavy atom. The predicted molar refractivity (Wildman–Crippen MR) is 69.0 cm³/mol. The maximum atomic E-state index is 8.00. The van der Waals surface area contributed by atoms with Gasteiger partial charge in [0.05, 0.1) is 0 Å². The maximum absolute atomic E-state index is 8.00. The van der Waals surface area contributed by atoms with Crippen molar-refractivity contribution in [1.29, 1.82) is 0 Å². The highest BCUT2D eigenvalue weighted by Crippen LogP contribution is 2.30. The summed E-state index contributed by atoms with van der Waals surface area (Å²) in [5, 5.41) is 3.57. The number of para-hydroxylation sites is 1. The Morgan fingerprint density at radius 1 is 1.44 bits per heavy atom. The highest BCUT2D eigenvalue weighted by Gasteiger charge is 2.18. The van der Waals surface area contributed by atoms with Crippen LogP contribution in [0.15, 0.2) is 18.2 Å². The van der Waals surface area contributed by atoms with E-state index in [9.17, 15) is 0 Å². The SMILES string of the molecule is C=O.CCCCc1cccc2c1NC(C)C2. The van der Waals surface area contributed by atoms with Crippen molar-refractivity contribution in [2.75, 3.05) is 5.32 Å². The summed E-state index contributed by atoms with van der Waals surface area (Å²) in [6.45, 7) is 6.50. The average Bonchev–Trinajstić information content (AvgIpc) is 2.69. The Bertz CT molecular complexity index is 336. The lowest BCUT2D eigenvalue weighted by Gasteiger charge is -2.09. The molecular weight excluding hydrogens is 198 g/mol. The summed E-state index contributed by atoms with van der Waals surface area (Å²) in [4.78, 5) is 8.00. The summed E-state index contributed by atoms with van der Waals surface area (Å²) < 4.78 is 0. The molecule has 16 heavy (non-hydrogen) atoms. The number of hydrogen-bond acceptors (Lipinski definition) is 2. The molecule has 1 aliphatic heterocycles. The maximum Gasteiger partial charge on any atom is 0.106 e. The first-order chi connectivity index (χ1) is 7.81.